The van der Waals surface area contributed by atoms with E-state index in [1.165, 1.54) is 42.3 Å². The minimum absolute atomic E-state index is 0.117. The summed E-state index contributed by atoms with van der Waals surface area (Å²) in [6.07, 6.45) is 0. The fourth-order valence-electron chi connectivity index (χ4n) is 3.96. The van der Waals surface area contributed by atoms with Crippen LogP contribution >= 0.6 is 22.9 Å². The largest absolute Gasteiger partial charge is 0.507 e. The number of hydrogen-bond donors (Lipinski definition) is 2. The van der Waals surface area contributed by atoms with E-state index in [9.17, 15) is 24.2 Å². The highest BCUT2D eigenvalue weighted by molar-refractivity contribution is 7.22. The smallest absolute Gasteiger partial charge is 0.301 e. The second kappa shape index (κ2) is 8.68. The molecule has 10 heteroatoms. The quantitative estimate of drug-likeness (QED) is 0.216. The van der Waals surface area contributed by atoms with Crippen molar-refractivity contribution in [1.29, 1.82) is 0 Å². The van der Waals surface area contributed by atoms with Gasteiger partial charge in [-0.25, -0.2) is 9.37 Å². The van der Waals surface area contributed by atoms with Crippen LogP contribution < -0.4 is 9.64 Å². The molecular formula is C25H16ClFN2O5S. The molecule has 2 N–H and O–H groups in total. The minimum atomic E-state index is -1.09. The summed E-state index contributed by atoms with van der Waals surface area (Å²) < 4.78 is 19.4. The molecular weight excluding hydrogens is 495 g/mol. The van der Waals surface area contributed by atoms with Crippen molar-refractivity contribution < 1.29 is 28.9 Å². The summed E-state index contributed by atoms with van der Waals surface area (Å²) in [6.45, 7) is 0. The fraction of sp³-hybridized carbons (Fsp3) is 0.0800. The number of aliphatic hydroxyl groups excluding tert-OH is 1. The number of halogens is 2. The monoisotopic (exact) mass is 510 g/mol. The molecule has 1 aliphatic heterocycles. The van der Waals surface area contributed by atoms with Crippen molar-refractivity contribution >= 4 is 55.7 Å². The van der Waals surface area contributed by atoms with Crippen molar-refractivity contribution in [2.75, 3.05) is 12.0 Å². The maximum Gasteiger partial charge on any atom is 0.301 e. The van der Waals surface area contributed by atoms with Crippen LogP contribution in [0, 0.1) is 5.82 Å². The zero-order valence-electron chi connectivity index (χ0n) is 18.0. The Morgan fingerprint density at radius 2 is 1.86 bits per heavy atom. The average molecular weight is 511 g/mol. The number of thiazole rings is 1. The van der Waals surface area contributed by atoms with Gasteiger partial charge in [0.25, 0.3) is 5.78 Å². The molecule has 2 heterocycles. The number of aliphatic hydroxyl groups is 1. The molecule has 1 amide bonds. The van der Waals surface area contributed by atoms with Crippen LogP contribution in [0.25, 0.3) is 16.0 Å². The molecule has 1 atom stereocenters. The number of rotatable bonds is 4. The summed E-state index contributed by atoms with van der Waals surface area (Å²) in [7, 11) is 1.37. The lowest BCUT2D eigenvalue weighted by molar-refractivity contribution is -0.132. The third kappa shape index (κ3) is 3.88. The van der Waals surface area contributed by atoms with E-state index in [1.54, 1.807) is 18.2 Å². The Hall–Kier alpha value is -3.95. The first-order valence-corrected chi connectivity index (χ1v) is 11.5. The van der Waals surface area contributed by atoms with Gasteiger partial charge in [0.2, 0.25) is 0 Å². The van der Waals surface area contributed by atoms with Crippen LogP contribution in [0.3, 0.4) is 0 Å². The number of carbonyl (C=O) groups excluding carboxylic acids is 2. The number of phenols is 1. The number of aromatic nitrogens is 1. The summed E-state index contributed by atoms with van der Waals surface area (Å²) in [6, 6.07) is 13.2. The van der Waals surface area contributed by atoms with Gasteiger partial charge >= 0.3 is 5.91 Å². The van der Waals surface area contributed by atoms with Crippen LogP contribution in [-0.2, 0) is 9.59 Å². The van der Waals surface area contributed by atoms with Crippen molar-refractivity contribution in [1.82, 2.24) is 4.98 Å². The Balaban J connectivity index is 1.75. The maximum absolute atomic E-state index is 13.5. The highest BCUT2D eigenvalue weighted by Gasteiger charge is 2.48. The molecule has 0 radical (unpaired) electrons. The number of carbonyl (C=O) groups is 2. The minimum Gasteiger partial charge on any atom is -0.507 e. The van der Waals surface area contributed by atoms with Crippen molar-refractivity contribution in [3.8, 4) is 11.5 Å². The third-order valence-corrected chi connectivity index (χ3v) is 6.88. The van der Waals surface area contributed by atoms with Crippen molar-refractivity contribution in [2.24, 2.45) is 0 Å². The molecule has 4 aromatic rings. The molecule has 0 spiro atoms. The molecule has 1 fully saturated rings. The molecule has 1 unspecified atom stereocenters. The first kappa shape index (κ1) is 22.8. The number of methoxy groups -OCH3 is 1. The van der Waals surface area contributed by atoms with Gasteiger partial charge in [0.15, 0.2) is 16.6 Å². The Kier molecular flexibility index (Phi) is 5.66. The van der Waals surface area contributed by atoms with E-state index in [1.807, 2.05) is 0 Å². The highest BCUT2D eigenvalue weighted by atomic mass is 35.5. The third-order valence-electron chi connectivity index (χ3n) is 5.63. The molecule has 5 rings (SSSR count). The lowest BCUT2D eigenvalue weighted by atomic mass is 9.95. The predicted octanol–water partition coefficient (Wildman–Crippen LogP) is 5.43. The molecule has 35 heavy (non-hydrogen) atoms. The summed E-state index contributed by atoms with van der Waals surface area (Å²) in [4.78, 5) is 32.2. The van der Waals surface area contributed by atoms with E-state index in [-0.39, 0.29) is 27.8 Å². The van der Waals surface area contributed by atoms with E-state index >= 15 is 0 Å². The summed E-state index contributed by atoms with van der Waals surface area (Å²) in [5.74, 6) is -2.83. The molecule has 0 aliphatic carbocycles. The first-order valence-electron chi connectivity index (χ1n) is 10.3. The summed E-state index contributed by atoms with van der Waals surface area (Å²) in [5.41, 5.74) is 0.930. The van der Waals surface area contributed by atoms with Gasteiger partial charge < -0.3 is 14.9 Å². The van der Waals surface area contributed by atoms with Gasteiger partial charge in [-0.15, -0.1) is 0 Å². The Morgan fingerprint density at radius 3 is 2.57 bits per heavy atom. The van der Waals surface area contributed by atoms with Gasteiger partial charge in [0, 0.05) is 10.6 Å². The van der Waals surface area contributed by atoms with Gasteiger partial charge in [-0.1, -0.05) is 29.0 Å². The number of anilines is 1. The number of ether oxygens (including phenoxy) is 1. The zero-order valence-corrected chi connectivity index (χ0v) is 19.6. The Morgan fingerprint density at radius 1 is 1.11 bits per heavy atom. The summed E-state index contributed by atoms with van der Waals surface area (Å²) in [5, 5.41) is 21.9. The van der Waals surface area contributed by atoms with Gasteiger partial charge in [0.05, 0.1) is 28.9 Å². The number of ketones is 1. The second-order valence-electron chi connectivity index (χ2n) is 7.72. The fourth-order valence-corrected chi connectivity index (χ4v) is 5.23. The molecule has 1 aromatic heterocycles. The normalized spacial score (nSPS) is 17.3. The lowest BCUT2D eigenvalue weighted by Gasteiger charge is -2.23. The number of Topliss-reactive ketones (excluding diaryl/α,β-unsaturated/α-hetero) is 1. The number of nitrogens with zero attached hydrogens (tertiary/aromatic N) is 2. The molecule has 0 bridgehead atoms. The molecule has 1 aliphatic rings. The Labute approximate surface area is 207 Å². The molecule has 7 nitrogen and oxygen atoms in total. The van der Waals surface area contributed by atoms with E-state index in [2.05, 4.69) is 4.98 Å². The standard InChI is InChI=1S/C25H16ClFN2O5S/c1-34-18-10-13(4-9-17(18)30)21-20(22(31)12-2-6-15(27)7-3-12)23(32)24(33)29(21)25-28-16-8-5-14(26)11-19(16)35-25/h2-11,21,30-31H,1H3/b22-20+. The van der Waals surface area contributed by atoms with E-state index in [0.717, 1.165) is 23.5 Å². The van der Waals surface area contributed by atoms with Crippen LogP contribution in [0.1, 0.15) is 17.2 Å². The average Bonchev–Trinajstić information content (AvgIpc) is 3.37. The highest BCUT2D eigenvalue weighted by Crippen LogP contribution is 2.45. The molecule has 0 saturated carbocycles. The van der Waals surface area contributed by atoms with Crippen LogP contribution in [0.4, 0.5) is 9.52 Å². The second-order valence-corrected chi connectivity index (χ2v) is 9.16. The molecule has 1 saturated heterocycles. The number of benzene rings is 3. The van der Waals surface area contributed by atoms with Crippen LogP contribution in [-0.4, -0.2) is 34.0 Å². The van der Waals surface area contributed by atoms with Gasteiger partial charge in [-0.3, -0.25) is 14.5 Å². The maximum atomic E-state index is 13.5. The summed E-state index contributed by atoms with van der Waals surface area (Å²) >= 11 is 7.26. The van der Waals surface area contributed by atoms with E-state index < -0.39 is 29.3 Å². The zero-order chi connectivity index (χ0) is 24.9. The SMILES string of the molecule is COc1cc(C2/C(=C(\O)c3ccc(F)cc3)C(=O)C(=O)N2c2nc3ccc(Cl)cc3s2)ccc1O. The van der Waals surface area contributed by atoms with Crippen LogP contribution in [0.15, 0.2) is 66.2 Å². The van der Waals surface area contributed by atoms with Crippen molar-refractivity contribution in [3.63, 3.8) is 0 Å². The van der Waals surface area contributed by atoms with E-state index in [4.69, 9.17) is 16.3 Å². The van der Waals surface area contributed by atoms with Crippen molar-refractivity contribution in [3.05, 3.63) is 88.2 Å². The number of aromatic hydroxyl groups is 1. The molecule has 3 aromatic carbocycles. The topological polar surface area (TPSA) is 100.0 Å². The first-order chi connectivity index (χ1) is 16.8. The van der Waals surface area contributed by atoms with E-state index in [0.29, 0.717) is 20.8 Å². The number of fused-ring (bicyclic) bond motifs is 1. The molecule has 176 valence electrons. The van der Waals surface area contributed by atoms with Gasteiger partial charge in [0.1, 0.15) is 11.6 Å². The van der Waals surface area contributed by atoms with Gasteiger partial charge in [-0.05, 0) is 60.2 Å². The number of amides is 1. The van der Waals surface area contributed by atoms with Crippen molar-refractivity contribution in [2.45, 2.75) is 6.04 Å². The van der Waals surface area contributed by atoms with Crippen LogP contribution in [0.2, 0.25) is 5.02 Å². The lowest BCUT2D eigenvalue weighted by Crippen LogP contribution is -2.29. The predicted molar refractivity (Wildman–Crippen MR) is 130 cm³/mol. The van der Waals surface area contributed by atoms with Crippen LogP contribution in [0.5, 0.6) is 11.5 Å². The Bertz CT molecular complexity index is 1530. The number of phenolic OH excluding ortho intramolecular Hbond substituents is 1. The van der Waals surface area contributed by atoms with Gasteiger partial charge in [-0.2, -0.15) is 0 Å². The number of hydrogen-bond acceptors (Lipinski definition) is 7.